The molecule has 25 heavy (non-hydrogen) atoms. The molecule has 2 aromatic rings. The first-order valence-electron chi connectivity index (χ1n) is 8.17. The van der Waals surface area contributed by atoms with E-state index in [9.17, 15) is 9.18 Å². The van der Waals surface area contributed by atoms with E-state index in [1.807, 2.05) is 44.4 Å². The summed E-state index contributed by atoms with van der Waals surface area (Å²) in [5.74, 6) is -0.344. The minimum Gasteiger partial charge on any atom is -0.353 e. The Morgan fingerprint density at radius 1 is 1.16 bits per heavy atom. The minimum atomic E-state index is -0.247. The van der Waals surface area contributed by atoms with E-state index in [4.69, 9.17) is 0 Å². The van der Waals surface area contributed by atoms with Crippen molar-refractivity contribution in [2.45, 2.75) is 16.2 Å². The quantitative estimate of drug-likeness (QED) is 0.571. The van der Waals surface area contributed by atoms with Crippen molar-refractivity contribution >= 4 is 23.7 Å². The van der Waals surface area contributed by atoms with Crippen molar-refractivity contribution in [2.24, 2.45) is 0 Å². The SMILES string of the molecule is CN(C)CCCNC(=O)/C=C/c1ccccc1Sc1ccc(F)cc1. The first kappa shape index (κ1) is 19.2. The van der Waals surface area contributed by atoms with Gasteiger partial charge in [-0.3, -0.25) is 4.79 Å². The first-order valence-corrected chi connectivity index (χ1v) is 8.99. The Bertz CT molecular complexity index is 714. The molecule has 0 heterocycles. The van der Waals surface area contributed by atoms with Crippen LogP contribution in [0.15, 0.2) is 64.4 Å². The molecule has 0 saturated carbocycles. The van der Waals surface area contributed by atoms with Crippen molar-refractivity contribution in [3.63, 3.8) is 0 Å². The van der Waals surface area contributed by atoms with Crippen LogP contribution >= 0.6 is 11.8 Å². The molecular formula is C20H23FN2OS. The molecule has 0 bridgehead atoms. The third-order valence-electron chi connectivity index (χ3n) is 3.46. The fraction of sp³-hybridized carbons (Fsp3) is 0.250. The molecule has 1 amide bonds. The Kier molecular flexibility index (Phi) is 7.70. The van der Waals surface area contributed by atoms with Gasteiger partial charge in [-0.1, -0.05) is 30.0 Å². The first-order chi connectivity index (χ1) is 12.0. The van der Waals surface area contributed by atoms with E-state index in [1.54, 1.807) is 30.0 Å². The van der Waals surface area contributed by atoms with Crippen LogP contribution in [0.25, 0.3) is 6.08 Å². The zero-order valence-corrected chi connectivity index (χ0v) is 15.4. The maximum Gasteiger partial charge on any atom is 0.244 e. The van der Waals surface area contributed by atoms with Crippen LogP contribution in [0.2, 0.25) is 0 Å². The molecule has 0 aliphatic carbocycles. The molecule has 0 aromatic heterocycles. The van der Waals surface area contributed by atoms with Gasteiger partial charge in [0.1, 0.15) is 5.82 Å². The Morgan fingerprint density at radius 2 is 1.88 bits per heavy atom. The predicted octanol–water partition coefficient (Wildman–Crippen LogP) is 4.06. The van der Waals surface area contributed by atoms with Crippen LogP contribution in [0.3, 0.4) is 0 Å². The van der Waals surface area contributed by atoms with E-state index >= 15 is 0 Å². The Balaban J connectivity index is 1.95. The lowest BCUT2D eigenvalue weighted by Gasteiger charge is -2.09. The highest BCUT2D eigenvalue weighted by Crippen LogP contribution is 2.31. The molecular weight excluding hydrogens is 335 g/mol. The molecule has 0 spiro atoms. The number of rotatable bonds is 8. The molecule has 0 unspecified atom stereocenters. The Morgan fingerprint density at radius 3 is 2.60 bits per heavy atom. The Hall–Kier alpha value is -2.11. The standard InChI is InChI=1S/C20H23FN2OS/c1-23(2)15-5-14-22-20(24)13-8-16-6-3-4-7-19(16)25-18-11-9-17(21)10-12-18/h3-4,6-13H,5,14-15H2,1-2H3,(H,22,24)/b13-8+. The fourth-order valence-corrected chi connectivity index (χ4v) is 3.10. The van der Waals surface area contributed by atoms with Crippen LogP contribution in [-0.2, 0) is 4.79 Å². The van der Waals surface area contributed by atoms with Gasteiger partial charge in [0.2, 0.25) is 5.91 Å². The molecule has 5 heteroatoms. The third kappa shape index (κ3) is 7.11. The van der Waals surface area contributed by atoms with Gasteiger partial charge < -0.3 is 10.2 Å². The van der Waals surface area contributed by atoms with Crippen molar-refractivity contribution < 1.29 is 9.18 Å². The smallest absolute Gasteiger partial charge is 0.244 e. The fourth-order valence-electron chi connectivity index (χ4n) is 2.17. The molecule has 0 aliphatic rings. The molecule has 2 rings (SSSR count). The number of hydrogen-bond donors (Lipinski definition) is 1. The van der Waals surface area contributed by atoms with Gasteiger partial charge in [0, 0.05) is 22.4 Å². The molecule has 3 nitrogen and oxygen atoms in total. The maximum atomic E-state index is 13.0. The van der Waals surface area contributed by atoms with Crippen LogP contribution in [0, 0.1) is 5.82 Å². The van der Waals surface area contributed by atoms with Gasteiger partial charge in [0.05, 0.1) is 0 Å². The summed E-state index contributed by atoms with van der Waals surface area (Å²) in [4.78, 5) is 16.0. The number of carbonyl (C=O) groups is 1. The number of nitrogens with one attached hydrogen (secondary N) is 1. The van der Waals surface area contributed by atoms with Gasteiger partial charge in [-0.2, -0.15) is 0 Å². The number of halogens is 1. The van der Waals surface area contributed by atoms with Crippen LogP contribution in [0.1, 0.15) is 12.0 Å². The van der Waals surface area contributed by atoms with Crippen LogP contribution in [0.5, 0.6) is 0 Å². The number of benzene rings is 2. The third-order valence-corrected chi connectivity index (χ3v) is 4.56. The highest BCUT2D eigenvalue weighted by Gasteiger charge is 2.03. The zero-order chi connectivity index (χ0) is 18.1. The topological polar surface area (TPSA) is 32.3 Å². The summed E-state index contributed by atoms with van der Waals surface area (Å²) in [6, 6.07) is 14.2. The second-order valence-corrected chi connectivity index (χ2v) is 6.99. The van der Waals surface area contributed by atoms with Gasteiger partial charge in [0.25, 0.3) is 0 Å². The van der Waals surface area contributed by atoms with Crippen molar-refractivity contribution in [1.82, 2.24) is 10.2 Å². The number of nitrogens with zero attached hydrogens (tertiary/aromatic N) is 1. The largest absolute Gasteiger partial charge is 0.353 e. The average molecular weight is 358 g/mol. The zero-order valence-electron chi connectivity index (χ0n) is 14.5. The summed E-state index contributed by atoms with van der Waals surface area (Å²) >= 11 is 1.54. The predicted molar refractivity (Wildman–Crippen MR) is 102 cm³/mol. The molecule has 1 N–H and O–H groups in total. The summed E-state index contributed by atoms with van der Waals surface area (Å²) in [6.45, 7) is 1.61. The highest BCUT2D eigenvalue weighted by molar-refractivity contribution is 7.99. The molecule has 0 fully saturated rings. The maximum absolute atomic E-state index is 13.0. The molecule has 0 saturated heterocycles. The normalized spacial score (nSPS) is 11.2. The van der Waals surface area contributed by atoms with E-state index in [-0.39, 0.29) is 11.7 Å². The van der Waals surface area contributed by atoms with Gasteiger partial charge in [0.15, 0.2) is 0 Å². The number of hydrogen-bond acceptors (Lipinski definition) is 3. The van der Waals surface area contributed by atoms with E-state index in [0.29, 0.717) is 6.54 Å². The van der Waals surface area contributed by atoms with Gasteiger partial charge in [-0.15, -0.1) is 0 Å². The van der Waals surface area contributed by atoms with Gasteiger partial charge >= 0.3 is 0 Å². The van der Waals surface area contributed by atoms with Crippen molar-refractivity contribution in [3.8, 4) is 0 Å². The number of carbonyl (C=O) groups excluding carboxylic acids is 1. The molecule has 0 radical (unpaired) electrons. The summed E-state index contributed by atoms with van der Waals surface area (Å²) in [6.07, 6.45) is 4.29. The van der Waals surface area contributed by atoms with E-state index in [0.717, 1.165) is 28.3 Å². The second kappa shape index (κ2) is 10.0. The van der Waals surface area contributed by atoms with Gasteiger partial charge in [-0.05, 0) is 69.0 Å². The van der Waals surface area contributed by atoms with Crippen LogP contribution < -0.4 is 5.32 Å². The Labute approximate surface area is 152 Å². The van der Waals surface area contributed by atoms with Crippen LogP contribution in [-0.4, -0.2) is 38.0 Å². The molecule has 132 valence electrons. The average Bonchev–Trinajstić information content (AvgIpc) is 2.60. The summed E-state index contributed by atoms with van der Waals surface area (Å²) in [7, 11) is 4.02. The van der Waals surface area contributed by atoms with Gasteiger partial charge in [-0.25, -0.2) is 4.39 Å². The van der Waals surface area contributed by atoms with Crippen LogP contribution in [0.4, 0.5) is 4.39 Å². The second-order valence-electron chi connectivity index (χ2n) is 5.87. The van der Waals surface area contributed by atoms with Crippen molar-refractivity contribution in [1.29, 1.82) is 0 Å². The molecule has 2 aromatic carbocycles. The lowest BCUT2D eigenvalue weighted by atomic mass is 10.2. The summed E-state index contributed by atoms with van der Waals surface area (Å²) in [5.41, 5.74) is 0.959. The summed E-state index contributed by atoms with van der Waals surface area (Å²) < 4.78 is 13.0. The monoisotopic (exact) mass is 358 g/mol. The lowest BCUT2D eigenvalue weighted by Crippen LogP contribution is -2.25. The van der Waals surface area contributed by atoms with E-state index < -0.39 is 0 Å². The lowest BCUT2D eigenvalue weighted by molar-refractivity contribution is -0.116. The van der Waals surface area contributed by atoms with E-state index in [2.05, 4.69) is 10.2 Å². The number of amides is 1. The van der Waals surface area contributed by atoms with Crippen molar-refractivity contribution in [2.75, 3.05) is 27.2 Å². The summed E-state index contributed by atoms with van der Waals surface area (Å²) in [5, 5.41) is 2.88. The van der Waals surface area contributed by atoms with Crippen molar-refractivity contribution in [3.05, 3.63) is 66.0 Å². The molecule has 0 atom stereocenters. The van der Waals surface area contributed by atoms with E-state index in [1.165, 1.54) is 12.1 Å². The molecule has 0 aliphatic heterocycles. The highest BCUT2D eigenvalue weighted by atomic mass is 32.2. The minimum absolute atomic E-state index is 0.0969.